The van der Waals surface area contributed by atoms with E-state index in [1.54, 1.807) is 4.90 Å². The molecule has 1 aliphatic heterocycles. The topological polar surface area (TPSA) is 86.7 Å². The van der Waals surface area contributed by atoms with Gasteiger partial charge in [0, 0.05) is 19.5 Å². The van der Waals surface area contributed by atoms with Crippen LogP contribution in [0.4, 0.5) is 0 Å². The second kappa shape index (κ2) is 9.36. The summed E-state index contributed by atoms with van der Waals surface area (Å²) < 4.78 is 0. The molecule has 2 amide bonds. The third kappa shape index (κ3) is 5.31. The molecule has 1 fully saturated rings. The van der Waals surface area contributed by atoms with E-state index in [2.05, 4.69) is 5.32 Å². The summed E-state index contributed by atoms with van der Waals surface area (Å²) >= 11 is 0. The number of hydrogen-bond donors (Lipinski definition) is 2. The van der Waals surface area contributed by atoms with Gasteiger partial charge in [-0.2, -0.15) is 0 Å². The van der Waals surface area contributed by atoms with Gasteiger partial charge in [0.25, 0.3) is 0 Å². The van der Waals surface area contributed by atoms with Crippen molar-refractivity contribution in [2.45, 2.75) is 45.6 Å². The van der Waals surface area contributed by atoms with Gasteiger partial charge in [0.05, 0.1) is 5.92 Å². The van der Waals surface area contributed by atoms with E-state index in [1.165, 1.54) is 0 Å². The highest BCUT2D eigenvalue weighted by atomic mass is 16.4. The zero-order chi connectivity index (χ0) is 19.1. The summed E-state index contributed by atoms with van der Waals surface area (Å²) in [6, 6.07) is 8.48. The fourth-order valence-electron chi connectivity index (χ4n) is 3.37. The first kappa shape index (κ1) is 19.9. The van der Waals surface area contributed by atoms with Crippen molar-refractivity contribution >= 4 is 17.8 Å². The van der Waals surface area contributed by atoms with Gasteiger partial charge in [-0.3, -0.25) is 14.4 Å². The number of hydrogen-bond acceptors (Lipinski definition) is 3. The van der Waals surface area contributed by atoms with Crippen LogP contribution in [-0.2, 0) is 14.4 Å². The van der Waals surface area contributed by atoms with Crippen LogP contribution >= 0.6 is 0 Å². The maximum Gasteiger partial charge on any atom is 0.308 e. The van der Waals surface area contributed by atoms with Gasteiger partial charge in [0.2, 0.25) is 11.8 Å². The number of amides is 2. The predicted molar refractivity (Wildman–Crippen MR) is 98.3 cm³/mol. The van der Waals surface area contributed by atoms with Crippen LogP contribution in [0.25, 0.3) is 0 Å². The summed E-state index contributed by atoms with van der Waals surface area (Å²) in [5.41, 5.74) is 0.746. The molecule has 1 aromatic carbocycles. The lowest BCUT2D eigenvalue weighted by molar-refractivity contribution is -0.144. The van der Waals surface area contributed by atoms with Crippen LogP contribution in [0.5, 0.6) is 0 Å². The highest BCUT2D eigenvalue weighted by Gasteiger charge is 2.33. The third-order valence-electron chi connectivity index (χ3n) is 4.66. The van der Waals surface area contributed by atoms with Crippen molar-refractivity contribution in [3.05, 3.63) is 35.9 Å². The van der Waals surface area contributed by atoms with Crippen LogP contribution in [0, 0.1) is 11.8 Å². The summed E-state index contributed by atoms with van der Waals surface area (Å²) in [7, 11) is 0. The molecule has 0 aromatic heterocycles. The van der Waals surface area contributed by atoms with Crippen molar-refractivity contribution in [2.75, 3.05) is 13.1 Å². The molecular weight excluding hydrogens is 332 g/mol. The van der Waals surface area contributed by atoms with Crippen LogP contribution in [-0.4, -0.2) is 40.9 Å². The van der Waals surface area contributed by atoms with Crippen LogP contribution in [0.15, 0.2) is 30.3 Å². The number of rotatable bonds is 8. The van der Waals surface area contributed by atoms with Crippen LogP contribution < -0.4 is 5.32 Å². The number of piperidine rings is 1. The number of carboxylic acid groups (broad SMARTS) is 1. The average molecular weight is 360 g/mol. The monoisotopic (exact) mass is 360 g/mol. The van der Waals surface area contributed by atoms with Gasteiger partial charge in [-0.25, -0.2) is 0 Å². The summed E-state index contributed by atoms with van der Waals surface area (Å²) in [5, 5.41) is 12.1. The molecule has 2 N–H and O–H groups in total. The largest absolute Gasteiger partial charge is 0.481 e. The van der Waals surface area contributed by atoms with Gasteiger partial charge in [-0.05, 0) is 30.7 Å². The van der Waals surface area contributed by atoms with Gasteiger partial charge in [-0.15, -0.1) is 0 Å². The molecule has 6 heteroatoms. The molecule has 1 aliphatic rings. The minimum absolute atomic E-state index is 0.0304. The molecule has 2 rings (SSSR count). The maximum atomic E-state index is 12.9. The van der Waals surface area contributed by atoms with Crippen molar-refractivity contribution in [3.8, 4) is 0 Å². The van der Waals surface area contributed by atoms with E-state index in [-0.39, 0.29) is 24.3 Å². The zero-order valence-corrected chi connectivity index (χ0v) is 15.5. The highest BCUT2D eigenvalue weighted by molar-refractivity contribution is 5.89. The highest BCUT2D eigenvalue weighted by Crippen LogP contribution is 2.26. The number of carbonyl (C=O) groups is 3. The molecule has 26 heavy (non-hydrogen) atoms. The summed E-state index contributed by atoms with van der Waals surface area (Å²) in [5.74, 6) is -1.67. The molecule has 0 aliphatic carbocycles. The Bertz CT molecular complexity index is 630. The smallest absolute Gasteiger partial charge is 0.308 e. The average Bonchev–Trinajstić information content (AvgIpc) is 2.61. The van der Waals surface area contributed by atoms with E-state index in [0.717, 1.165) is 18.4 Å². The van der Waals surface area contributed by atoms with E-state index < -0.39 is 17.9 Å². The van der Waals surface area contributed by atoms with E-state index >= 15 is 0 Å². The van der Waals surface area contributed by atoms with Gasteiger partial charge < -0.3 is 15.3 Å². The van der Waals surface area contributed by atoms with Crippen molar-refractivity contribution in [2.24, 2.45) is 11.8 Å². The second-order valence-corrected chi connectivity index (χ2v) is 7.27. The maximum absolute atomic E-state index is 12.9. The molecule has 1 aromatic rings. The fourth-order valence-corrected chi connectivity index (χ4v) is 3.37. The molecule has 0 bridgehead atoms. The Morgan fingerprint density at radius 1 is 1.19 bits per heavy atom. The van der Waals surface area contributed by atoms with E-state index in [9.17, 15) is 19.5 Å². The number of carboxylic acids is 1. The lowest BCUT2D eigenvalue weighted by Crippen LogP contribution is -2.47. The normalized spacial score (nSPS) is 17.0. The van der Waals surface area contributed by atoms with Gasteiger partial charge in [-0.1, -0.05) is 44.2 Å². The minimum Gasteiger partial charge on any atom is -0.481 e. The van der Waals surface area contributed by atoms with Gasteiger partial charge in [0.15, 0.2) is 0 Å². The standard InChI is InChI=1S/C20H28N2O4/c1-14(2)12-16(20(25)26)13-21-19(24)18(15-8-4-3-5-9-15)22-11-7-6-10-17(22)23/h3-5,8-9,14,16,18H,6-7,10-13H2,1-2H3,(H,21,24)(H,25,26). The Balaban J connectivity index is 2.15. The Morgan fingerprint density at radius 2 is 1.88 bits per heavy atom. The third-order valence-corrected chi connectivity index (χ3v) is 4.66. The number of nitrogens with zero attached hydrogens (tertiary/aromatic N) is 1. The number of nitrogens with one attached hydrogen (secondary N) is 1. The van der Waals surface area contributed by atoms with Crippen molar-refractivity contribution in [3.63, 3.8) is 0 Å². The minimum atomic E-state index is -0.913. The zero-order valence-electron chi connectivity index (χ0n) is 15.5. The molecule has 2 atom stereocenters. The van der Waals surface area contributed by atoms with Crippen molar-refractivity contribution < 1.29 is 19.5 Å². The molecule has 142 valence electrons. The lowest BCUT2D eigenvalue weighted by Gasteiger charge is -2.34. The summed E-state index contributed by atoms with van der Waals surface area (Å²) in [6.07, 6.45) is 2.65. The molecule has 0 spiro atoms. The van der Waals surface area contributed by atoms with Crippen molar-refractivity contribution in [1.29, 1.82) is 0 Å². The Hall–Kier alpha value is -2.37. The van der Waals surface area contributed by atoms with Crippen LogP contribution in [0.1, 0.15) is 51.1 Å². The second-order valence-electron chi connectivity index (χ2n) is 7.27. The molecule has 1 saturated heterocycles. The van der Waals surface area contributed by atoms with Crippen LogP contribution in [0.3, 0.4) is 0 Å². The van der Waals surface area contributed by atoms with E-state index in [1.807, 2.05) is 44.2 Å². The van der Waals surface area contributed by atoms with Crippen LogP contribution in [0.2, 0.25) is 0 Å². The molecule has 0 saturated carbocycles. The molecule has 1 heterocycles. The predicted octanol–water partition coefficient (Wildman–Crippen LogP) is 2.60. The first-order valence-corrected chi connectivity index (χ1v) is 9.25. The van der Waals surface area contributed by atoms with E-state index in [4.69, 9.17) is 0 Å². The van der Waals surface area contributed by atoms with Gasteiger partial charge >= 0.3 is 5.97 Å². The molecule has 6 nitrogen and oxygen atoms in total. The van der Waals surface area contributed by atoms with Gasteiger partial charge in [0.1, 0.15) is 6.04 Å². The number of aliphatic carboxylic acids is 1. The summed E-state index contributed by atoms with van der Waals surface area (Å²) in [4.78, 5) is 38.3. The number of benzene rings is 1. The SMILES string of the molecule is CC(C)CC(CNC(=O)C(c1ccccc1)N1CCCCC1=O)C(=O)O. The summed E-state index contributed by atoms with van der Waals surface area (Å²) in [6.45, 7) is 4.52. The number of carbonyl (C=O) groups excluding carboxylic acids is 2. The Morgan fingerprint density at radius 3 is 2.46 bits per heavy atom. The first-order chi connectivity index (χ1) is 12.4. The van der Waals surface area contributed by atoms with Crippen molar-refractivity contribution in [1.82, 2.24) is 10.2 Å². The Labute approximate surface area is 154 Å². The molecule has 2 unspecified atom stereocenters. The molecule has 0 radical (unpaired) electrons. The first-order valence-electron chi connectivity index (χ1n) is 9.25. The Kier molecular flexibility index (Phi) is 7.18. The van der Waals surface area contributed by atoms with E-state index in [0.29, 0.717) is 19.4 Å². The lowest BCUT2D eigenvalue weighted by atomic mass is 9.96. The quantitative estimate of drug-likeness (QED) is 0.746. The number of likely N-dealkylation sites (tertiary alicyclic amines) is 1. The molecular formula is C20H28N2O4. The fraction of sp³-hybridized carbons (Fsp3) is 0.550.